The monoisotopic (exact) mass is 433 g/mol. The molecule has 168 valence electrons. The summed E-state index contributed by atoms with van der Waals surface area (Å²) in [7, 11) is 0. The van der Waals surface area contributed by atoms with Crippen LogP contribution in [0.2, 0.25) is 0 Å². The summed E-state index contributed by atoms with van der Waals surface area (Å²) in [5, 5.41) is 0.536. The zero-order valence-electron chi connectivity index (χ0n) is 19.5. The van der Waals surface area contributed by atoms with E-state index < -0.39 is 6.04 Å². The van der Waals surface area contributed by atoms with Crippen LogP contribution in [0.5, 0.6) is 0 Å². The molecular weight excluding hydrogens is 402 g/mol. The number of benzene rings is 2. The lowest BCUT2D eigenvalue weighted by Crippen LogP contribution is -2.31. The zero-order chi connectivity index (χ0) is 23.0. The Morgan fingerprint density at radius 2 is 1.81 bits per heavy atom. The van der Waals surface area contributed by atoms with E-state index >= 15 is 0 Å². The van der Waals surface area contributed by atoms with E-state index in [1.54, 1.807) is 4.90 Å². The quantitative estimate of drug-likeness (QED) is 0.473. The molecule has 0 bridgehead atoms. The first-order chi connectivity index (χ1) is 15.3. The largest absolute Gasteiger partial charge is 0.450 e. The Hall–Kier alpha value is -2.92. The highest BCUT2D eigenvalue weighted by atomic mass is 16.5. The van der Waals surface area contributed by atoms with Gasteiger partial charge in [-0.1, -0.05) is 37.3 Å². The fraction of sp³-hybridized carbons (Fsp3) is 0.407. The van der Waals surface area contributed by atoms with E-state index in [0.29, 0.717) is 36.1 Å². The first-order valence-electron chi connectivity index (χ1n) is 11.4. The van der Waals surface area contributed by atoms with Crippen molar-refractivity contribution < 1.29 is 13.9 Å². The second-order valence-corrected chi connectivity index (χ2v) is 8.90. The summed E-state index contributed by atoms with van der Waals surface area (Å²) in [4.78, 5) is 28.9. The number of hydrogen-bond acceptors (Lipinski definition) is 4. The predicted molar refractivity (Wildman–Crippen MR) is 126 cm³/mol. The van der Waals surface area contributed by atoms with Crippen molar-refractivity contribution in [2.24, 2.45) is 0 Å². The molecule has 1 amide bonds. The van der Waals surface area contributed by atoms with Crippen LogP contribution in [-0.4, -0.2) is 30.1 Å². The van der Waals surface area contributed by atoms with Crippen LogP contribution in [-0.2, 0) is 11.2 Å². The fourth-order valence-corrected chi connectivity index (χ4v) is 4.54. The number of fused-ring (bicyclic) bond motifs is 2. The van der Waals surface area contributed by atoms with Gasteiger partial charge in [-0.05, 0) is 68.9 Å². The third kappa shape index (κ3) is 3.97. The van der Waals surface area contributed by atoms with Crippen LogP contribution in [0.3, 0.4) is 0 Å². The van der Waals surface area contributed by atoms with Crippen molar-refractivity contribution in [1.29, 1.82) is 0 Å². The van der Waals surface area contributed by atoms with Crippen LogP contribution in [0, 0.1) is 13.8 Å². The maximum absolute atomic E-state index is 13.7. The third-order valence-electron chi connectivity index (χ3n) is 6.10. The highest BCUT2D eigenvalue weighted by Gasteiger charge is 2.42. The van der Waals surface area contributed by atoms with Crippen molar-refractivity contribution in [2.75, 3.05) is 13.2 Å². The van der Waals surface area contributed by atoms with E-state index in [1.807, 2.05) is 52.0 Å². The first-order valence-corrected chi connectivity index (χ1v) is 11.4. The van der Waals surface area contributed by atoms with E-state index in [2.05, 4.69) is 19.1 Å². The van der Waals surface area contributed by atoms with Crippen LogP contribution in [0.4, 0.5) is 0 Å². The number of nitrogens with zero attached hydrogens (tertiary/aromatic N) is 1. The van der Waals surface area contributed by atoms with Crippen molar-refractivity contribution in [3.05, 3.63) is 80.2 Å². The van der Waals surface area contributed by atoms with E-state index in [9.17, 15) is 9.59 Å². The number of aryl methyl sites for hydroxylation is 3. The summed E-state index contributed by atoms with van der Waals surface area (Å²) in [6, 6.07) is 11.5. The summed E-state index contributed by atoms with van der Waals surface area (Å²) < 4.78 is 11.8. The standard InChI is InChI=1S/C27H31NO4/c1-6-19-8-10-20(11-9-19)23-22-24(29)21-15-17(4)14-18(5)25(21)32-26(22)27(30)28(23)12-7-13-31-16(2)3/h8-11,14-16,23H,6-7,12-13H2,1-5H3. The Kier molecular flexibility index (Phi) is 6.20. The molecule has 2 aromatic carbocycles. The van der Waals surface area contributed by atoms with E-state index in [-0.39, 0.29) is 23.2 Å². The van der Waals surface area contributed by atoms with Gasteiger partial charge < -0.3 is 14.1 Å². The molecule has 5 nitrogen and oxygen atoms in total. The summed E-state index contributed by atoms with van der Waals surface area (Å²) >= 11 is 0. The van der Waals surface area contributed by atoms with Crippen molar-refractivity contribution in [2.45, 2.75) is 59.6 Å². The Bertz CT molecular complexity index is 1210. The maximum atomic E-state index is 13.7. The molecule has 0 saturated carbocycles. The minimum Gasteiger partial charge on any atom is -0.450 e. The van der Waals surface area contributed by atoms with Gasteiger partial charge in [0, 0.05) is 13.2 Å². The average Bonchev–Trinajstić information content (AvgIpc) is 3.04. The van der Waals surface area contributed by atoms with Crippen molar-refractivity contribution in [3.63, 3.8) is 0 Å². The van der Waals surface area contributed by atoms with Gasteiger partial charge in [0.05, 0.1) is 23.1 Å². The molecular formula is C27H31NO4. The summed E-state index contributed by atoms with van der Waals surface area (Å²) in [5.74, 6) is -0.0584. The predicted octanol–water partition coefficient (Wildman–Crippen LogP) is 5.33. The van der Waals surface area contributed by atoms with E-state index in [4.69, 9.17) is 9.15 Å². The van der Waals surface area contributed by atoms with Gasteiger partial charge in [-0.25, -0.2) is 0 Å². The number of carbonyl (C=O) groups is 1. The fourth-order valence-electron chi connectivity index (χ4n) is 4.54. The molecule has 0 radical (unpaired) electrons. The molecule has 1 unspecified atom stereocenters. The Morgan fingerprint density at radius 3 is 2.47 bits per heavy atom. The number of amides is 1. The Morgan fingerprint density at radius 1 is 1.09 bits per heavy atom. The average molecular weight is 434 g/mol. The Labute approximate surface area is 189 Å². The van der Waals surface area contributed by atoms with Gasteiger partial charge in [-0.15, -0.1) is 0 Å². The van der Waals surface area contributed by atoms with Crippen LogP contribution in [0.1, 0.15) is 71.6 Å². The van der Waals surface area contributed by atoms with Crippen LogP contribution < -0.4 is 5.43 Å². The third-order valence-corrected chi connectivity index (χ3v) is 6.10. The van der Waals surface area contributed by atoms with E-state index in [1.165, 1.54) is 5.56 Å². The molecule has 1 aromatic heterocycles. The molecule has 4 rings (SSSR count). The molecule has 0 fully saturated rings. The topological polar surface area (TPSA) is 59.8 Å². The summed E-state index contributed by atoms with van der Waals surface area (Å²) in [5.41, 5.74) is 4.83. The maximum Gasteiger partial charge on any atom is 0.290 e. The normalized spacial score (nSPS) is 15.8. The molecule has 3 aromatic rings. The summed E-state index contributed by atoms with van der Waals surface area (Å²) in [6.45, 7) is 11.0. The van der Waals surface area contributed by atoms with Gasteiger partial charge in [-0.3, -0.25) is 9.59 Å². The van der Waals surface area contributed by atoms with Gasteiger partial charge in [0.15, 0.2) is 5.43 Å². The van der Waals surface area contributed by atoms with Crippen LogP contribution in [0.15, 0.2) is 45.6 Å². The highest BCUT2D eigenvalue weighted by molar-refractivity contribution is 5.99. The molecule has 1 aliphatic heterocycles. The molecule has 5 heteroatoms. The van der Waals surface area contributed by atoms with Crippen molar-refractivity contribution in [1.82, 2.24) is 4.90 Å². The molecule has 2 heterocycles. The van der Waals surface area contributed by atoms with E-state index in [0.717, 1.165) is 23.1 Å². The van der Waals surface area contributed by atoms with Gasteiger partial charge in [0.2, 0.25) is 5.76 Å². The number of carbonyl (C=O) groups excluding carboxylic acids is 1. The van der Waals surface area contributed by atoms with Crippen molar-refractivity contribution >= 4 is 16.9 Å². The lowest BCUT2D eigenvalue weighted by Gasteiger charge is -2.25. The zero-order valence-corrected chi connectivity index (χ0v) is 19.5. The molecule has 32 heavy (non-hydrogen) atoms. The first kappa shape index (κ1) is 22.3. The van der Waals surface area contributed by atoms with Gasteiger partial charge in [0.1, 0.15) is 5.58 Å². The minimum atomic E-state index is -0.455. The Balaban J connectivity index is 1.84. The van der Waals surface area contributed by atoms with Gasteiger partial charge in [-0.2, -0.15) is 0 Å². The smallest absolute Gasteiger partial charge is 0.290 e. The lowest BCUT2D eigenvalue weighted by molar-refractivity contribution is 0.0593. The minimum absolute atomic E-state index is 0.119. The highest BCUT2D eigenvalue weighted by Crippen LogP contribution is 2.38. The summed E-state index contributed by atoms with van der Waals surface area (Å²) in [6.07, 6.45) is 1.76. The second kappa shape index (κ2) is 8.91. The number of hydrogen-bond donors (Lipinski definition) is 0. The number of ether oxygens (including phenoxy) is 1. The second-order valence-electron chi connectivity index (χ2n) is 8.90. The van der Waals surface area contributed by atoms with Crippen molar-refractivity contribution in [3.8, 4) is 0 Å². The molecule has 0 N–H and O–H groups in total. The van der Waals surface area contributed by atoms with Gasteiger partial charge in [0.25, 0.3) is 5.91 Å². The SMILES string of the molecule is CCc1ccc(C2c3c(oc4c(C)cc(C)cc4c3=O)C(=O)N2CCCOC(C)C)cc1. The number of rotatable bonds is 7. The van der Waals surface area contributed by atoms with Crippen LogP contribution >= 0.6 is 0 Å². The lowest BCUT2D eigenvalue weighted by atomic mass is 9.96. The van der Waals surface area contributed by atoms with Gasteiger partial charge >= 0.3 is 0 Å². The molecule has 0 spiro atoms. The molecule has 0 saturated heterocycles. The molecule has 1 atom stereocenters. The molecule has 1 aliphatic rings. The molecule has 0 aliphatic carbocycles. The van der Waals surface area contributed by atoms with Crippen LogP contribution in [0.25, 0.3) is 11.0 Å².